The summed E-state index contributed by atoms with van der Waals surface area (Å²) in [7, 11) is 2.80. The molecule has 0 saturated heterocycles. The minimum Gasteiger partial charge on any atom is -0.466 e. The zero-order valence-corrected chi connectivity index (χ0v) is 7.22. The second-order valence-corrected chi connectivity index (χ2v) is 2.09. The minimum absolute atomic E-state index is 0.388. The molecule has 0 aromatic heterocycles. The third-order valence-corrected chi connectivity index (χ3v) is 1.23. The van der Waals surface area contributed by atoms with Crippen molar-refractivity contribution in [2.45, 2.75) is 19.6 Å². The van der Waals surface area contributed by atoms with E-state index < -0.39 is 6.23 Å². The van der Waals surface area contributed by atoms with Crippen LogP contribution in [-0.2, 0) is 14.3 Å². The van der Waals surface area contributed by atoms with Crippen LogP contribution in [0.3, 0.4) is 0 Å². The number of methoxy groups -OCH3 is 2. The first-order valence-electron chi connectivity index (χ1n) is 3.60. The molecule has 0 aliphatic heterocycles. The molecule has 66 valence electrons. The quantitative estimate of drug-likeness (QED) is 0.460. The van der Waals surface area contributed by atoms with Crippen LogP contribution in [0.1, 0.15) is 13.3 Å². The highest BCUT2D eigenvalue weighted by Gasteiger charge is 2.15. The van der Waals surface area contributed by atoms with Gasteiger partial charge in [-0.05, 0) is 13.0 Å². The van der Waals surface area contributed by atoms with Crippen LogP contribution in [-0.4, -0.2) is 33.0 Å². The van der Waals surface area contributed by atoms with Crippen molar-refractivity contribution < 1.29 is 14.3 Å². The molecule has 0 aliphatic carbocycles. The predicted molar refractivity (Wildman–Crippen MR) is 41.1 cm³/mol. The monoisotopic (exact) mass is 161 g/mol. The maximum atomic E-state index is 10.8. The van der Waals surface area contributed by atoms with Gasteiger partial charge >= 0.3 is 5.97 Å². The van der Waals surface area contributed by atoms with E-state index in [2.05, 4.69) is 10.1 Å². The molecular formula is C7H15NO3. The molecule has 4 heteroatoms. The Hall–Kier alpha value is -0.610. The van der Waals surface area contributed by atoms with Crippen molar-refractivity contribution in [2.24, 2.45) is 0 Å². The van der Waals surface area contributed by atoms with E-state index in [9.17, 15) is 4.79 Å². The van der Waals surface area contributed by atoms with Crippen molar-refractivity contribution in [3.63, 3.8) is 0 Å². The lowest BCUT2D eigenvalue weighted by molar-refractivity contribution is -0.154. The molecule has 0 rings (SSSR count). The third kappa shape index (κ3) is 3.95. The van der Waals surface area contributed by atoms with Gasteiger partial charge in [0, 0.05) is 7.11 Å². The first-order chi connectivity index (χ1) is 5.26. The Bertz CT molecular complexity index is 116. The van der Waals surface area contributed by atoms with Crippen molar-refractivity contribution in [3.8, 4) is 0 Å². The van der Waals surface area contributed by atoms with Crippen LogP contribution in [0, 0.1) is 0 Å². The third-order valence-electron chi connectivity index (χ3n) is 1.23. The first kappa shape index (κ1) is 10.4. The van der Waals surface area contributed by atoms with Gasteiger partial charge in [-0.3, -0.25) is 5.32 Å². The molecule has 11 heavy (non-hydrogen) atoms. The second-order valence-electron chi connectivity index (χ2n) is 2.09. The van der Waals surface area contributed by atoms with E-state index in [-0.39, 0.29) is 5.97 Å². The van der Waals surface area contributed by atoms with E-state index in [1.807, 2.05) is 6.92 Å². The summed E-state index contributed by atoms with van der Waals surface area (Å²) in [6, 6.07) is 0. The van der Waals surface area contributed by atoms with Crippen molar-refractivity contribution in [1.82, 2.24) is 5.32 Å². The molecule has 0 aromatic rings. The van der Waals surface area contributed by atoms with Gasteiger partial charge in [-0.1, -0.05) is 6.92 Å². The minimum atomic E-state index is -0.625. The van der Waals surface area contributed by atoms with Gasteiger partial charge in [0.15, 0.2) is 0 Å². The van der Waals surface area contributed by atoms with Crippen LogP contribution >= 0.6 is 0 Å². The first-order valence-corrected chi connectivity index (χ1v) is 3.60. The molecule has 0 spiro atoms. The molecule has 0 aliphatic rings. The molecule has 0 radical (unpaired) electrons. The fourth-order valence-electron chi connectivity index (χ4n) is 0.645. The predicted octanol–water partition coefficient (Wildman–Crippen LogP) is 0.131. The Balaban J connectivity index is 3.65. The largest absolute Gasteiger partial charge is 0.466 e. The van der Waals surface area contributed by atoms with Gasteiger partial charge in [0.1, 0.15) is 0 Å². The summed E-state index contributed by atoms with van der Waals surface area (Å²) in [5, 5.41) is 2.87. The number of carbonyl (C=O) groups is 1. The SMILES string of the molecule is CCCNC(OC)C(=O)OC. The smallest absolute Gasteiger partial charge is 0.350 e. The zero-order chi connectivity index (χ0) is 8.69. The van der Waals surface area contributed by atoms with Crippen LogP contribution in [0.15, 0.2) is 0 Å². The number of ether oxygens (including phenoxy) is 2. The normalized spacial score (nSPS) is 12.6. The molecule has 0 fully saturated rings. The standard InChI is InChI=1S/C7H15NO3/c1-4-5-8-6(10-2)7(9)11-3/h6,8H,4-5H2,1-3H3. The number of rotatable bonds is 5. The Labute approximate surface area is 66.9 Å². The number of carbonyl (C=O) groups excluding carboxylic acids is 1. The maximum absolute atomic E-state index is 10.8. The Morgan fingerprint density at radius 3 is 2.55 bits per heavy atom. The van der Waals surface area contributed by atoms with Gasteiger partial charge in [0.05, 0.1) is 7.11 Å². The Kier molecular flexibility index (Phi) is 5.78. The van der Waals surface area contributed by atoms with E-state index in [1.54, 1.807) is 0 Å². The highest BCUT2D eigenvalue weighted by Crippen LogP contribution is 1.88. The maximum Gasteiger partial charge on any atom is 0.350 e. The number of hydrogen-bond donors (Lipinski definition) is 1. The summed E-state index contributed by atoms with van der Waals surface area (Å²) in [5.74, 6) is -0.388. The summed E-state index contributed by atoms with van der Waals surface area (Å²) in [6.07, 6.45) is 0.330. The lowest BCUT2D eigenvalue weighted by Gasteiger charge is -2.13. The van der Waals surface area contributed by atoms with E-state index in [1.165, 1.54) is 14.2 Å². The number of hydrogen-bond acceptors (Lipinski definition) is 4. The molecule has 4 nitrogen and oxygen atoms in total. The lowest BCUT2D eigenvalue weighted by Crippen LogP contribution is -2.39. The van der Waals surface area contributed by atoms with E-state index >= 15 is 0 Å². The average molecular weight is 161 g/mol. The van der Waals surface area contributed by atoms with Gasteiger partial charge in [0.25, 0.3) is 0 Å². The van der Waals surface area contributed by atoms with Gasteiger partial charge in [-0.15, -0.1) is 0 Å². The molecule has 0 aromatic carbocycles. The molecule has 1 unspecified atom stereocenters. The Morgan fingerprint density at radius 1 is 1.55 bits per heavy atom. The van der Waals surface area contributed by atoms with Crippen LogP contribution in [0.4, 0.5) is 0 Å². The van der Waals surface area contributed by atoms with Crippen LogP contribution in [0.2, 0.25) is 0 Å². The highest BCUT2D eigenvalue weighted by atomic mass is 16.6. The molecule has 0 bridgehead atoms. The van der Waals surface area contributed by atoms with Crippen molar-refractivity contribution in [2.75, 3.05) is 20.8 Å². The molecule has 1 atom stereocenters. The van der Waals surface area contributed by atoms with Gasteiger partial charge in [-0.25, -0.2) is 4.79 Å². The van der Waals surface area contributed by atoms with Crippen LogP contribution in [0.25, 0.3) is 0 Å². The fraction of sp³-hybridized carbons (Fsp3) is 0.857. The number of esters is 1. The fourth-order valence-corrected chi connectivity index (χ4v) is 0.645. The van der Waals surface area contributed by atoms with Crippen molar-refractivity contribution in [3.05, 3.63) is 0 Å². The van der Waals surface area contributed by atoms with E-state index in [0.717, 1.165) is 13.0 Å². The highest BCUT2D eigenvalue weighted by molar-refractivity contribution is 5.73. The topological polar surface area (TPSA) is 47.6 Å². The van der Waals surface area contributed by atoms with Gasteiger partial charge in [0.2, 0.25) is 6.23 Å². The van der Waals surface area contributed by atoms with Crippen LogP contribution < -0.4 is 5.32 Å². The Morgan fingerprint density at radius 2 is 2.18 bits per heavy atom. The van der Waals surface area contributed by atoms with Crippen molar-refractivity contribution >= 4 is 5.97 Å². The van der Waals surface area contributed by atoms with Crippen molar-refractivity contribution in [1.29, 1.82) is 0 Å². The van der Waals surface area contributed by atoms with E-state index in [4.69, 9.17) is 4.74 Å². The van der Waals surface area contributed by atoms with E-state index in [0.29, 0.717) is 0 Å². The summed E-state index contributed by atoms with van der Waals surface area (Å²) in [5.41, 5.74) is 0. The number of nitrogens with one attached hydrogen (secondary N) is 1. The van der Waals surface area contributed by atoms with Gasteiger partial charge in [-0.2, -0.15) is 0 Å². The molecule has 0 heterocycles. The van der Waals surface area contributed by atoms with Crippen LogP contribution in [0.5, 0.6) is 0 Å². The summed E-state index contributed by atoms with van der Waals surface area (Å²) < 4.78 is 9.29. The average Bonchev–Trinajstić information content (AvgIpc) is 2.05. The lowest BCUT2D eigenvalue weighted by atomic mass is 10.4. The summed E-state index contributed by atoms with van der Waals surface area (Å²) >= 11 is 0. The summed E-state index contributed by atoms with van der Waals surface area (Å²) in [6.45, 7) is 2.75. The summed E-state index contributed by atoms with van der Waals surface area (Å²) in [4.78, 5) is 10.8. The molecular weight excluding hydrogens is 146 g/mol. The molecule has 0 saturated carbocycles. The van der Waals surface area contributed by atoms with Gasteiger partial charge < -0.3 is 9.47 Å². The zero-order valence-electron chi connectivity index (χ0n) is 7.22. The second kappa shape index (κ2) is 6.12. The molecule has 0 amide bonds. The molecule has 1 N–H and O–H groups in total.